The largest absolute Gasteiger partial charge is 0.394 e. The van der Waals surface area contributed by atoms with Crippen LogP contribution in [-0.2, 0) is 14.3 Å². The number of allylic oxidation sites excluding steroid dienone is 13. The number of hydrogen-bond donors (Lipinski definition) is 6. The van der Waals surface area contributed by atoms with Crippen molar-refractivity contribution >= 4 is 5.91 Å². The van der Waals surface area contributed by atoms with Gasteiger partial charge >= 0.3 is 0 Å². The SMILES string of the molecule is CC/C=C\C/C=C\C/C=C\C/C=C\C/C=C\C/C=C\CCCCCCC(=O)NC(COC1OC(CO)C(O)C(O)C1O)C(O)/C=C/CCCCCCCCCCCCC. The van der Waals surface area contributed by atoms with Gasteiger partial charge in [0.25, 0.3) is 0 Å². The Kier molecular flexibility index (Phi) is 36.4. The lowest BCUT2D eigenvalue weighted by molar-refractivity contribution is -0.302. The highest BCUT2D eigenvalue weighted by Gasteiger charge is 2.44. The van der Waals surface area contributed by atoms with Gasteiger partial charge in [0, 0.05) is 6.42 Å². The summed E-state index contributed by atoms with van der Waals surface area (Å²) in [6.07, 6.45) is 47.6. The molecule has 1 aliphatic rings. The molecule has 7 unspecified atom stereocenters. The Morgan fingerprint density at radius 1 is 0.593 bits per heavy atom. The lowest BCUT2D eigenvalue weighted by Crippen LogP contribution is -2.60. The van der Waals surface area contributed by atoms with E-state index in [0.717, 1.165) is 89.9 Å². The number of carbonyl (C=O) groups excluding carboxylic acids is 1. The summed E-state index contributed by atoms with van der Waals surface area (Å²) in [5, 5.41) is 54.2. The maximum Gasteiger partial charge on any atom is 0.220 e. The van der Waals surface area contributed by atoms with Crippen LogP contribution >= 0.6 is 0 Å². The number of carbonyl (C=O) groups is 1. The van der Waals surface area contributed by atoms with Crippen LogP contribution in [0, 0.1) is 0 Å². The Morgan fingerprint density at radius 2 is 1.05 bits per heavy atom. The lowest BCUT2D eigenvalue weighted by Gasteiger charge is -2.40. The minimum absolute atomic E-state index is 0.204. The van der Waals surface area contributed by atoms with Gasteiger partial charge < -0.3 is 40.3 Å². The van der Waals surface area contributed by atoms with Crippen LogP contribution < -0.4 is 5.32 Å². The second-order valence-corrected chi connectivity index (χ2v) is 15.8. The highest BCUT2D eigenvalue weighted by molar-refractivity contribution is 5.76. The van der Waals surface area contributed by atoms with Gasteiger partial charge in [0.1, 0.15) is 24.4 Å². The molecule has 1 heterocycles. The van der Waals surface area contributed by atoms with Crippen molar-refractivity contribution in [1.29, 1.82) is 0 Å². The van der Waals surface area contributed by atoms with Crippen molar-refractivity contribution in [1.82, 2.24) is 5.32 Å². The molecule has 0 saturated carbocycles. The van der Waals surface area contributed by atoms with Gasteiger partial charge in [0.2, 0.25) is 5.91 Å². The number of rotatable bonds is 37. The van der Waals surface area contributed by atoms with E-state index in [-0.39, 0.29) is 12.5 Å². The van der Waals surface area contributed by atoms with Crippen molar-refractivity contribution in [3.05, 3.63) is 85.1 Å². The quantitative estimate of drug-likeness (QED) is 0.0268. The number of aliphatic hydroxyl groups is 5. The summed E-state index contributed by atoms with van der Waals surface area (Å²) in [5.41, 5.74) is 0. The first kappa shape index (κ1) is 54.4. The first-order valence-corrected chi connectivity index (χ1v) is 23.3. The third kappa shape index (κ3) is 30.1. The Hall–Kier alpha value is -2.63. The van der Waals surface area contributed by atoms with Gasteiger partial charge in [-0.15, -0.1) is 0 Å². The van der Waals surface area contributed by atoms with E-state index >= 15 is 0 Å². The summed E-state index contributed by atoms with van der Waals surface area (Å²) < 4.78 is 11.2. The average Bonchev–Trinajstić information content (AvgIpc) is 3.23. The number of ether oxygens (including phenoxy) is 2. The summed E-state index contributed by atoms with van der Waals surface area (Å²) in [5.74, 6) is -0.206. The summed E-state index contributed by atoms with van der Waals surface area (Å²) in [7, 11) is 0. The molecule has 1 saturated heterocycles. The highest BCUT2D eigenvalue weighted by Crippen LogP contribution is 2.22. The van der Waals surface area contributed by atoms with Crippen molar-refractivity contribution < 1.29 is 39.8 Å². The molecule has 1 rings (SSSR count). The summed E-state index contributed by atoms with van der Waals surface area (Å²) in [6.45, 7) is 3.62. The van der Waals surface area contributed by atoms with E-state index in [9.17, 15) is 30.3 Å². The molecular formula is C50H85NO8. The van der Waals surface area contributed by atoms with E-state index in [0.29, 0.717) is 6.42 Å². The monoisotopic (exact) mass is 828 g/mol. The zero-order valence-electron chi connectivity index (χ0n) is 37.0. The van der Waals surface area contributed by atoms with Crippen molar-refractivity contribution in [2.75, 3.05) is 13.2 Å². The van der Waals surface area contributed by atoms with E-state index in [4.69, 9.17) is 9.47 Å². The van der Waals surface area contributed by atoms with E-state index < -0.39 is 49.5 Å². The predicted octanol–water partition coefficient (Wildman–Crippen LogP) is 9.94. The van der Waals surface area contributed by atoms with Crippen molar-refractivity contribution in [2.45, 2.75) is 211 Å². The van der Waals surface area contributed by atoms with Crippen molar-refractivity contribution in [3.8, 4) is 0 Å². The second-order valence-electron chi connectivity index (χ2n) is 15.8. The Bertz CT molecular complexity index is 1190. The van der Waals surface area contributed by atoms with Gasteiger partial charge in [-0.25, -0.2) is 0 Å². The zero-order valence-corrected chi connectivity index (χ0v) is 37.0. The zero-order chi connectivity index (χ0) is 43.0. The molecule has 1 amide bonds. The number of nitrogens with one attached hydrogen (secondary N) is 1. The van der Waals surface area contributed by atoms with Crippen LogP contribution in [0.3, 0.4) is 0 Å². The summed E-state index contributed by atoms with van der Waals surface area (Å²) >= 11 is 0. The molecule has 9 heteroatoms. The Morgan fingerprint density at radius 3 is 1.56 bits per heavy atom. The molecular weight excluding hydrogens is 743 g/mol. The molecule has 9 nitrogen and oxygen atoms in total. The van der Waals surface area contributed by atoms with Crippen LogP contribution in [-0.4, -0.2) is 87.5 Å². The minimum Gasteiger partial charge on any atom is -0.394 e. The molecule has 0 radical (unpaired) electrons. The first-order chi connectivity index (χ1) is 28.8. The number of aliphatic hydroxyl groups excluding tert-OH is 5. The molecule has 0 aromatic heterocycles. The van der Waals surface area contributed by atoms with Crippen LogP contribution in [0.5, 0.6) is 0 Å². The third-order valence-corrected chi connectivity index (χ3v) is 10.5. The maximum atomic E-state index is 13.0. The summed E-state index contributed by atoms with van der Waals surface area (Å²) in [4.78, 5) is 13.0. The number of unbranched alkanes of at least 4 members (excludes halogenated alkanes) is 15. The van der Waals surface area contributed by atoms with Crippen LogP contribution in [0.25, 0.3) is 0 Å². The minimum atomic E-state index is -1.58. The molecule has 0 bridgehead atoms. The molecule has 7 atom stereocenters. The molecule has 1 fully saturated rings. The normalized spacial score (nSPS) is 21.5. The van der Waals surface area contributed by atoms with Gasteiger partial charge in [0.05, 0.1) is 25.4 Å². The molecule has 0 aromatic rings. The fraction of sp³-hybridized carbons (Fsp3) is 0.700. The van der Waals surface area contributed by atoms with Crippen LogP contribution in [0.4, 0.5) is 0 Å². The second kappa shape index (κ2) is 39.5. The van der Waals surface area contributed by atoms with Crippen molar-refractivity contribution in [3.63, 3.8) is 0 Å². The molecule has 6 N–H and O–H groups in total. The standard InChI is InChI=1S/C50H85NO8/c1-3-5-7-9-11-13-15-17-18-19-20-21-22-23-24-25-26-28-30-32-34-36-38-40-46(54)51-43(42-58-50-49(57)48(56)47(55)45(41-52)59-50)44(53)39-37-35-33-31-29-27-16-14-12-10-8-6-4-2/h5,7,11,13,17-18,20-21,23-24,26,28,37,39,43-45,47-50,52-53,55-57H,3-4,6,8-10,12,14-16,19,22,25,27,29-36,38,40-42H2,1-2H3,(H,51,54)/b7-5-,13-11-,18-17-,21-20-,24-23-,28-26-,39-37+. The molecule has 338 valence electrons. The van der Waals surface area contributed by atoms with E-state index in [2.05, 4.69) is 92.1 Å². The Balaban J connectivity index is 2.36. The summed E-state index contributed by atoms with van der Waals surface area (Å²) in [6, 6.07) is -0.823. The number of amides is 1. The lowest BCUT2D eigenvalue weighted by atomic mass is 9.99. The smallest absolute Gasteiger partial charge is 0.220 e. The molecule has 0 spiro atoms. The third-order valence-electron chi connectivity index (χ3n) is 10.5. The van der Waals surface area contributed by atoms with Gasteiger partial charge in [-0.05, 0) is 70.6 Å². The maximum absolute atomic E-state index is 13.0. The molecule has 0 aromatic carbocycles. The van der Waals surface area contributed by atoms with Crippen LogP contribution in [0.15, 0.2) is 85.1 Å². The first-order valence-electron chi connectivity index (χ1n) is 23.3. The van der Waals surface area contributed by atoms with Gasteiger partial charge in [-0.1, -0.05) is 176 Å². The fourth-order valence-electron chi connectivity index (χ4n) is 6.75. The average molecular weight is 828 g/mol. The molecule has 0 aliphatic carbocycles. The van der Waals surface area contributed by atoms with Gasteiger partial charge in [-0.2, -0.15) is 0 Å². The van der Waals surface area contributed by atoms with Crippen LogP contribution in [0.1, 0.15) is 168 Å². The van der Waals surface area contributed by atoms with Gasteiger partial charge in [0.15, 0.2) is 6.29 Å². The predicted molar refractivity (Wildman–Crippen MR) is 244 cm³/mol. The van der Waals surface area contributed by atoms with E-state index in [1.54, 1.807) is 6.08 Å². The van der Waals surface area contributed by atoms with Crippen molar-refractivity contribution in [2.24, 2.45) is 0 Å². The van der Waals surface area contributed by atoms with E-state index in [1.165, 1.54) is 57.8 Å². The highest BCUT2D eigenvalue weighted by atomic mass is 16.7. The van der Waals surface area contributed by atoms with Gasteiger partial charge in [-0.3, -0.25) is 4.79 Å². The Labute approximate surface area is 359 Å². The topological polar surface area (TPSA) is 149 Å². The molecule has 1 aliphatic heterocycles. The van der Waals surface area contributed by atoms with E-state index in [1.807, 2.05) is 6.08 Å². The molecule has 59 heavy (non-hydrogen) atoms. The number of hydrogen-bond acceptors (Lipinski definition) is 8. The fourth-order valence-corrected chi connectivity index (χ4v) is 6.75. The van der Waals surface area contributed by atoms with Crippen LogP contribution in [0.2, 0.25) is 0 Å².